The Balaban J connectivity index is 1.69. The summed E-state index contributed by atoms with van der Waals surface area (Å²) in [5, 5.41) is 4.85. The first-order valence-corrected chi connectivity index (χ1v) is 10.7. The fourth-order valence-electron chi connectivity index (χ4n) is 3.78. The standard InChI is InChI=1S/C22H28N4OS/c1-14-7-5-6-8-18(14)16(3)23-21-20-15(2)17(4)28-22(20)25-19(24-21)13-26-9-11-27-12-10-26/h5-8,16H,9-13H2,1-4H3,(H,23,24,25). The van der Waals surface area contributed by atoms with Crippen LogP contribution in [0.4, 0.5) is 5.82 Å². The number of nitrogens with one attached hydrogen (secondary N) is 1. The number of morpholine rings is 1. The van der Waals surface area contributed by atoms with Crippen molar-refractivity contribution in [3.05, 3.63) is 51.7 Å². The molecule has 0 saturated carbocycles. The van der Waals surface area contributed by atoms with Gasteiger partial charge >= 0.3 is 0 Å². The van der Waals surface area contributed by atoms with Gasteiger partial charge in [0.05, 0.1) is 31.2 Å². The quantitative estimate of drug-likeness (QED) is 0.682. The highest BCUT2D eigenvalue weighted by Gasteiger charge is 2.19. The Morgan fingerprint density at radius 3 is 2.64 bits per heavy atom. The zero-order valence-electron chi connectivity index (χ0n) is 17.1. The van der Waals surface area contributed by atoms with Gasteiger partial charge in [0.2, 0.25) is 0 Å². The lowest BCUT2D eigenvalue weighted by molar-refractivity contribution is 0.0331. The maximum absolute atomic E-state index is 5.47. The number of anilines is 1. The average Bonchev–Trinajstić information content (AvgIpc) is 2.97. The molecule has 1 atom stereocenters. The van der Waals surface area contributed by atoms with Gasteiger partial charge in [-0.15, -0.1) is 11.3 Å². The van der Waals surface area contributed by atoms with Gasteiger partial charge in [0, 0.05) is 18.0 Å². The Labute approximate surface area is 170 Å². The van der Waals surface area contributed by atoms with Crippen LogP contribution in [0, 0.1) is 20.8 Å². The molecule has 1 saturated heterocycles. The predicted molar refractivity (Wildman–Crippen MR) is 116 cm³/mol. The molecule has 148 valence electrons. The topological polar surface area (TPSA) is 50.3 Å². The molecule has 1 aliphatic rings. The lowest BCUT2D eigenvalue weighted by atomic mass is 10.0. The number of ether oxygens (including phenoxy) is 1. The van der Waals surface area contributed by atoms with Crippen molar-refractivity contribution in [2.24, 2.45) is 0 Å². The normalized spacial score (nSPS) is 16.4. The van der Waals surface area contributed by atoms with Gasteiger partial charge in [-0.05, 0) is 44.4 Å². The Bertz CT molecular complexity index is 978. The van der Waals surface area contributed by atoms with Crippen LogP contribution in [0.15, 0.2) is 24.3 Å². The van der Waals surface area contributed by atoms with Crippen LogP contribution in [0.1, 0.15) is 40.4 Å². The van der Waals surface area contributed by atoms with E-state index >= 15 is 0 Å². The molecule has 1 fully saturated rings. The van der Waals surface area contributed by atoms with Crippen LogP contribution in [-0.4, -0.2) is 41.2 Å². The van der Waals surface area contributed by atoms with Gasteiger partial charge in [0.25, 0.3) is 0 Å². The fraction of sp³-hybridized carbons (Fsp3) is 0.455. The number of benzene rings is 1. The number of thiophene rings is 1. The Morgan fingerprint density at radius 2 is 1.89 bits per heavy atom. The maximum atomic E-state index is 5.47. The number of nitrogens with zero attached hydrogens (tertiary/aromatic N) is 3. The highest BCUT2D eigenvalue weighted by molar-refractivity contribution is 7.18. The minimum atomic E-state index is 0.176. The molecule has 0 aliphatic carbocycles. The third kappa shape index (κ3) is 3.90. The molecule has 1 aromatic carbocycles. The molecule has 3 heterocycles. The summed E-state index contributed by atoms with van der Waals surface area (Å²) >= 11 is 1.76. The molecular formula is C22H28N4OS. The lowest BCUT2D eigenvalue weighted by Crippen LogP contribution is -2.36. The van der Waals surface area contributed by atoms with Crippen molar-refractivity contribution >= 4 is 27.4 Å². The van der Waals surface area contributed by atoms with Crippen molar-refractivity contribution in [2.75, 3.05) is 31.6 Å². The van der Waals surface area contributed by atoms with Gasteiger partial charge in [0.15, 0.2) is 0 Å². The zero-order chi connectivity index (χ0) is 19.7. The van der Waals surface area contributed by atoms with E-state index in [1.165, 1.54) is 21.6 Å². The van der Waals surface area contributed by atoms with Crippen LogP contribution in [0.2, 0.25) is 0 Å². The van der Waals surface area contributed by atoms with E-state index < -0.39 is 0 Å². The minimum Gasteiger partial charge on any atom is -0.379 e. The van der Waals surface area contributed by atoms with E-state index in [0.717, 1.165) is 54.7 Å². The molecule has 6 heteroatoms. The average molecular weight is 397 g/mol. The van der Waals surface area contributed by atoms with Crippen molar-refractivity contribution in [3.8, 4) is 0 Å². The number of fused-ring (bicyclic) bond motifs is 1. The molecule has 4 rings (SSSR count). The summed E-state index contributed by atoms with van der Waals surface area (Å²) in [7, 11) is 0. The van der Waals surface area contributed by atoms with E-state index in [2.05, 4.69) is 62.2 Å². The molecule has 2 aromatic heterocycles. The van der Waals surface area contributed by atoms with Gasteiger partial charge in [-0.2, -0.15) is 0 Å². The van der Waals surface area contributed by atoms with E-state index in [1.807, 2.05) is 0 Å². The van der Waals surface area contributed by atoms with E-state index in [0.29, 0.717) is 0 Å². The summed E-state index contributed by atoms with van der Waals surface area (Å²) < 4.78 is 5.47. The molecule has 0 spiro atoms. The van der Waals surface area contributed by atoms with E-state index in [1.54, 1.807) is 11.3 Å². The van der Waals surface area contributed by atoms with E-state index in [4.69, 9.17) is 14.7 Å². The fourth-order valence-corrected chi connectivity index (χ4v) is 4.83. The van der Waals surface area contributed by atoms with Crippen molar-refractivity contribution in [3.63, 3.8) is 0 Å². The third-order valence-electron chi connectivity index (χ3n) is 5.55. The summed E-state index contributed by atoms with van der Waals surface area (Å²) in [6.45, 7) is 12.9. The Kier molecular flexibility index (Phi) is 5.62. The van der Waals surface area contributed by atoms with Crippen LogP contribution >= 0.6 is 11.3 Å². The summed E-state index contributed by atoms with van der Waals surface area (Å²) in [5.74, 6) is 1.83. The molecule has 28 heavy (non-hydrogen) atoms. The monoisotopic (exact) mass is 396 g/mol. The summed E-state index contributed by atoms with van der Waals surface area (Å²) in [5.41, 5.74) is 3.87. The van der Waals surface area contributed by atoms with Gasteiger partial charge in [-0.3, -0.25) is 4.90 Å². The number of hydrogen-bond acceptors (Lipinski definition) is 6. The molecule has 0 bridgehead atoms. The van der Waals surface area contributed by atoms with Crippen molar-refractivity contribution < 1.29 is 4.74 Å². The van der Waals surface area contributed by atoms with Crippen molar-refractivity contribution in [2.45, 2.75) is 40.3 Å². The van der Waals surface area contributed by atoms with Crippen LogP contribution in [0.5, 0.6) is 0 Å². The van der Waals surface area contributed by atoms with Gasteiger partial charge in [0.1, 0.15) is 16.5 Å². The SMILES string of the molecule is Cc1ccccc1C(C)Nc1nc(CN2CCOCC2)nc2sc(C)c(C)c12. The van der Waals surface area contributed by atoms with Crippen LogP contribution < -0.4 is 5.32 Å². The highest BCUT2D eigenvalue weighted by Crippen LogP contribution is 2.35. The predicted octanol–water partition coefficient (Wildman–Crippen LogP) is 4.62. The van der Waals surface area contributed by atoms with Crippen LogP contribution in [0.25, 0.3) is 10.2 Å². The van der Waals surface area contributed by atoms with Crippen LogP contribution in [0.3, 0.4) is 0 Å². The smallest absolute Gasteiger partial charge is 0.146 e. The number of aryl methyl sites for hydroxylation is 3. The second kappa shape index (κ2) is 8.15. The number of rotatable bonds is 5. The number of hydrogen-bond donors (Lipinski definition) is 1. The molecule has 3 aromatic rings. The first-order valence-electron chi connectivity index (χ1n) is 9.91. The summed E-state index contributed by atoms with van der Waals surface area (Å²) in [6, 6.07) is 8.70. The first-order chi connectivity index (χ1) is 13.5. The largest absolute Gasteiger partial charge is 0.379 e. The molecule has 0 amide bonds. The molecule has 1 aliphatic heterocycles. The maximum Gasteiger partial charge on any atom is 0.146 e. The lowest BCUT2D eigenvalue weighted by Gasteiger charge is -2.26. The molecule has 5 nitrogen and oxygen atoms in total. The molecule has 1 N–H and O–H groups in total. The van der Waals surface area contributed by atoms with Crippen molar-refractivity contribution in [1.82, 2.24) is 14.9 Å². The second-order valence-corrected chi connectivity index (χ2v) is 8.77. The third-order valence-corrected chi connectivity index (χ3v) is 6.65. The molecular weight excluding hydrogens is 368 g/mol. The summed E-state index contributed by atoms with van der Waals surface area (Å²) in [6.07, 6.45) is 0. The van der Waals surface area contributed by atoms with Crippen molar-refractivity contribution in [1.29, 1.82) is 0 Å². The number of aromatic nitrogens is 2. The van der Waals surface area contributed by atoms with E-state index in [-0.39, 0.29) is 6.04 Å². The van der Waals surface area contributed by atoms with E-state index in [9.17, 15) is 0 Å². The van der Waals surface area contributed by atoms with Gasteiger partial charge in [-0.1, -0.05) is 24.3 Å². The minimum absolute atomic E-state index is 0.176. The molecule has 0 radical (unpaired) electrons. The Morgan fingerprint density at radius 1 is 1.14 bits per heavy atom. The van der Waals surface area contributed by atoms with Crippen LogP contribution in [-0.2, 0) is 11.3 Å². The van der Waals surface area contributed by atoms with Gasteiger partial charge < -0.3 is 10.1 Å². The Hall–Kier alpha value is -2.02. The van der Waals surface area contributed by atoms with Gasteiger partial charge in [-0.25, -0.2) is 9.97 Å². The zero-order valence-corrected chi connectivity index (χ0v) is 17.9. The molecule has 1 unspecified atom stereocenters. The summed E-state index contributed by atoms with van der Waals surface area (Å²) in [4.78, 5) is 14.6. The second-order valence-electron chi connectivity index (χ2n) is 7.56. The highest BCUT2D eigenvalue weighted by atomic mass is 32.1. The first kappa shape index (κ1) is 19.3.